The lowest BCUT2D eigenvalue weighted by molar-refractivity contribution is 0.415. The molecule has 1 N–H and O–H groups in total. The molecule has 0 radical (unpaired) electrons. The SMILES string of the molecule is COc1ccc(-c2nc(N3CCNCC3)ncc2C)cc1. The number of aromatic nitrogens is 2. The number of ether oxygens (including phenoxy) is 1. The van der Waals surface area contributed by atoms with Crippen LogP contribution in [0.1, 0.15) is 5.56 Å². The fourth-order valence-corrected chi connectivity index (χ4v) is 2.49. The van der Waals surface area contributed by atoms with E-state index in [1.54, 1.807) is 7.11 Å². The van der Waals surface area contributed by atoms with Crippen LogP contribution < -0.4 is 15.0 Å². The fraction of sp³-hybridized carbons (Fsp3) is 0.375. The minimum absolute atomic E-state index is 0.813. The van der Waals surface area contributed by atoms with Crippen molar-refractivity contribution < 1.29 is 4.74 Å². The number of hydrogen-bond acceptors (Lipinski definition) is 5. The van der Waals surface area contributed by atoms with Gasteiger partial charge in [-0.3, -0.25) is 0 Å². The van der Waals surface area contributed by atoms with Crippen LogP contribution in [-0.4, -0.2) is 43.3 Å². The van der Waals surface area contributed by atoms with Gasteiger partial charge in [-0.05, 0) is 36.8 Å². The van der Waals surface area contributed by atoms with Crippen LogP contribution in [0.2, 0.25) is 0 Å². The van der Waals surface area contributed by atoms with Crippen molar-refractivity contribution in [2.75, 3.05) is 38.2 Å². The van der Waals surface area contributed by atoms with Crippen molar-refractivity contribution in [1.29, 1.82) is 0 Å². The first kappa shape index (κ1) is 13.8. The van der Waals surface area contributed by atoms with Gasteiger partial charge in [0.2, 0.25) is 5.95 Å². The van der Waals surface area contributed by atoms with Crippen molar-refractivity contribution in [3.8, 4) is 17.0 Å². The van der Waals surface area contributed by atoms with E-state index in [1.807, 2.05) is 37.4 Å². The molecule has 5 nitrogen and oxygen atoms in total. The lowest BCUT2D eigenvalue weighted by Crippen LogP contribution is -2.44. The molecule has 0 aliphatic carbocycles. The Kier molecular flexibility index (Phi) is 4.01. The Morgan fingerprint density at radius 3 is 2.52 bits per heavy atom. The molecule has 1 saturated heterocycles. The lowest BCUT2D eigenvalue weighted by atomic mass is 10.1. The maximum atomic E-state index is 5.21. The Labute approximate surface area is 125 Å². The van der Waals surface area contributed by atoms with Crippen molar-refractivity contribution in [3.63, 3.8) is 0 Å². The van der Waals surface area contributed by atoms with Crippen LogP contribution in [0.15, 0.2) is 30.5 Å². The highest BCUT2D eigenvalue weighted by molar-refractivity contribution is 5.64. The standard InChI is InChI=1S/C16H20N4O/c1-12-11-18-16(20-9-7-17-8-10-20)19-15(12)13-3-5-14(21-2)6-4-13/h3-6,11,17H,7-10H2,1-2H3. The quantitative estimate of drug-likeness (QED) is 0.932. The van der Waals surface area contributed by atoms with E-state index in [0.29, 0.717) is 0 Å². The van der Waals surface area contributed by atoms with Gasteiger partial charge in [0.15, 0.2) is 0 Å². The largest absolute Gasteiger partial charge is 0.497 e. The fourth-order valence-electron chi connectivity index (χ4n) is 2.49. The van der Waals surface area contributed by atoms with Crippen molar-refractivity contribution in [2.45, 2.75) is 6.92 Å². The number of anilines is 1. The molecule has 0 atom stereocenters. The first-order valence-electron chi connectivity index (χ1n) is 7.21. The molecule has 0 amide bonds. The third-order valence-corrected chi connectivity index (χ3v) is 3.72. The topological polar surface area (TPSA) is 50.3 Å². The summed E-state index contributed by atoms with van der Waals surface area (Å²) in [5.41, 5.74) is 3.16. The number of nitrogens with zero attached hydrogens (tertiary/aromatic N) is 3. The van der Waals surface area contributed by atoms with E-state index in [0.717, 1.165) is 54.7 Å². The molecular weight excluding hydrogens is 264 g/mol. The highest BCUT2D eigenvalue weighted by Gasteiger charge is 2.15. The predicted molar refractivity (Wildman–Crippen MR) is 83.8 cm³/mol. The molecule has 2 heterocycles. The molecule has 1 fully saturated rings. The third kappa shape index (κ3) is 2.97. The minimum Gasteiger partial charge on any atom is -0.497 e. The minimum atomic E-state index is 0.813. The van der Waals surface area contributed by atoms with Gasteiger partial charge in [-0.25, -0.2) is 9.97 Å². The molecule has 5 heteroatoms. The molecule has 0 bridgehead atoms. The van der Waals surface area contributed by atoms with E-state index in [2.05, 4.69) is 15.2 Å². The summed E-state index contributed by atoms with van der Waals surface area (Å²) in [6.07, 6.45) is 1.91. The predicted octanol–water partition coefficient (Wildman–Crippen LogP) is 1.87. The molecule has 0 unspecified atom stereocenters. The van der Waals surface area contributed by atoms with E-state index in [-0.39, 0.29) is 0 Å². The van der Waals surface area contributed by atoms with E-state index in [9.17, 15) is 0 Å². The molecule has 3 rings (SSSR count). The maximum absolute atomic E-state index is 5.21. The Morgan fingerprint density at radius 1 is 1.14 bits per heavy atom. The smallest absolute Gasteiger partial charge is 0.225 e. The summed E-state index contributed by atoms with van der Waals surface area (Å²) in [6, 6.07) is 7.99. The first-order chi connectivity index (χ1) is 10.3. The zero-order chi connectivity index (χ0) is 14.7. The molecule has 1 aliphatic heterocycles. The van der Waals surface area contributed by atoms with Gasteiger partial charge in [-0.1, -0.05) is 0 Å². The number of methoxy groups -OCH3 is 1. The zero-order valence-electron chi connectivity index (χ0n) is 12.5. The number of benzene rings is 1. The van der Waals surface area contributed by atoms with E-state index in [1.165, 1.54) is 0 Å². The van der Waals surface area contributed by atoms with Crippen LogP contribution in [0.5, 0.6) is 5.75 Å². The normalized spacial score (nSPS) is 15.0. The lowest BCUT2D eigenvalue weighted by Gasteiger charge is -2.27. The Morgan fingerprint density at radius 2 is 1.86 bits per heavy atom. The van der Waals surface area contributed by atoms with Gasteiger partial charge in [-0.2, -0.15) is 0 Å². The van der Waals surface area contributed by atoms with Crippen molar-refractivity contribution in [3.05, 3.63) is 36.0 Å². The van der Waals surface area contributed by atoms with E-state index >= 15 is 0 Å². The second-order valence-corrected chi connectivity index (χ2v) is 5.17. The summed E-state index contributed by atoms with van der Waals surface area (Å²) in [7, 11) is 1.67. The summed E-state index contributed by atoms with van der Waals surface area (Å²) >= 11 is 0. The molecule has 21 heavy (non-hydrogen) atoms. The molecule has 1 aromatic carbocycles. The summed E-state index contributed by atoms with van der Waals surface area (Å²) in [5, 5.41) is 3.34. The number of aryl methyl sites for hydroxylation is 1. The molecule has 2 aromatic rings. The van der Waals surface area contributed by atoms with Gasteiger partial charge in [-0.15, -0.1) is 0 Å². The van der Waals surface area contributed by atoms with Gasteiger partial charge in [0.1, 0.15) is 5.75 Å². The molecule has 1 aliphatic rings. The molecular formula is C16H20N4O. The van der Waals surface area contributed by atoms with Gasteiger partial charge >= 0.3 is 0 Å². The average Bonchev–Trinajstić information content (AvgIpc) is 2.56. The monoisotopic (exact) mass is 284 g/mol. The van der Waals surface area contributed by atoms with E-state index in [4.69, 9.17) is 9.72 Å². The number of hydrogen-bond donors (Lipinski definition) is 1. The summed E-state index contributed by atoms with van der Waals surface area (Å²) in [4.78, 5) is 11.5. The van der Waals surface area contributed by atoms with Crippen LogP contribution in [-0.2, 0) is 0 Å². The van der Waals surface area contributed by atoms with Crippen LogP contribution in [0.3, 0.4) is 0 Å². The van der Waals surface area contributed by atoms with Crippen molar-refractivity contribution >= 4 is 5.95 Å². The second kappa shape index (κ2) is 6.10. The highest BCUT2D eigenvalue weighted by atomic mass is 16.5. The van der Waals surface area contributed by atoms with Crippen LogP contribution in [0.4, 0.5) is 5.95 Å². The van der Waals surface area contributed by atoms with Gasteiger partial charge in [0.05, 0.1) is 12.8 Å². The number of piperazine rings is 1. The average molecular weight is 284 g/mol. The highest BCUT2D eigenvalue weighted by Crippen LogP contribution is 2.25. The molecule has 0 spiro atoms. The Hall–Kier alpha value is -2.14. The molecule has 1 aromatic heterocycles. The van der Waals surface area contributed by atoms with Crippen molar-refractivity contribution in [2.24, 2.45) is 0 Å². The van der Waals surface area contributed by atoms with Crippen molar-refractivity contribution in [1.82, 2.24) is 15.3 Å². The van der Waals surface area contributed by atoms with Gasteiger partial charge < -0.3 is 15.0 Å². The Balaban J connectivity index is 1.92. The van der Waals surface area contributed by atoms with E-state index < -0.39 is 0 Å². The van der Waals surface area contributed by atoms with Crippen LogP contribution in [0, 0.1) is 6.92 Å². The van der Waals surface area contributed by atoms with Crippen LogP contribution >= 0.6 is 0 Å². The van der Waals surface area contributed by atoms with Gasteiger partial charge in [0.25, 0.3) is 0 Å². The zero-order valence-corrected chi connectivity index (χ0v) is 12.5. The maximum Gasteiger partial charge on any atom is 0.225 e. The Bertz CT molecular complexity index is 606. The molecule has 0 saturated carbocycles. The molecule has 110 valence electrons. The summed E-state index contributed by atoms with van der Waals surface area (Å²) in [5.74, 6) is 1.67. The summed E-state index contributed by atoms with van der Waals surface area (Å²) < 4.78 is 5.21. The number of nitrogens with one attached hydrogen (secondary N) is 1. The number of rotatable bonds is 3. The van der Waals surface area contributed by atoms with Crippen LogP contribution in [0.25, 0.3) is 11.3 Å². The van der Waals surface area contributed by atoms with Gasteiger partial charge in [0, 0.05) is 37.9 Å². The first-order valence-corrected chi connectivity index (χ1v) is 7.21. The summed E-state index contributed by atoms with van der Waals surface area (Å²) in [6.45, 7) is 5.90. The second-order valence-electron chi connectivity index (χ2n) is 5.17. The third-order valence-electron chi connectivity index (χ3n) is 3.72.